The number of nitrogens with zero attached hydrogens (tertiary/aromatic N) is 1. The van der Waals surface area contributed by atoms with Crippen LogP contribution >= 0.6 is 11.3 Å². The number of rotatable bonds is 6. The molecule has 32 heavy (non-hydrogen) atoms. The van der Waals surface area contributed by atoms with Crippen LogP contribution in [0.3, 0.4) is 0 Å². The molecule has 1 aliphatic rings. The molecule has 1 aromatic heterocycles. The van der Waals surface area contributed by atoms with Crippen molar-refractivity contribution in [1.29, 1.82) is 0 Å². The molecule has 1 atom stereocenters. The first kappa shape index (κ1) is 21.8. The number of thiophene rings is 1. The van der Waals surface area contributed by atoms with Crippen molar-refractivity contribution in [2.75, 3.05) is 13.1 Å². The Kier molecular flexibility index (Phi) is 6.97. The van der Waals surface area contributed by atoms with Crippen molar-refractivity contribution in [2.24, 2.45) is 0 Å². The highest BCUT2D eigenvalue weighted by atomic mass is 32.1. The maximum Gasteiger partial charge on any atom is 0.262 e. The summed E-state index contributed by atoms with van der Waals surface area (Å²) >= 11 is 1.34. The molecular formula is C25H25N3O3S. The summed E-state index contributed by atoms with van der Waals surface area (Å²) in [7, 11) is 0. The Bertz CT molecular complexity index is 1050. The lowest BCUT2D eigenvalue weighted by Crippen LogP contribution is -2.49. The van der Waals surface area contributed by atoms with Crippen molar-refractivity contribution in [1.82, 2.24) is 15.5 Å². The minimum absolute atomic E-state index is 0.0146. The van der Waals surface area contributed by atoms with Gasteiger partial charge in [0.25, 0.3) is 11.8 Å². The summed E-state index contributed by atoms with van der Waals surface area (Å²) in [5.41, 5.74) is 1.40. The molecule has 6 nitrogen and oxygen atoms in total. The zero-order valence-electron chi connectivity index (χ0n) is 17.6. The van der Waals surface area contributed by atoms with Gasteiger partial charge in [-0.15, -0.1) is 11.3 Å². The molecule has 2 aromatic carbocycles. The van der Waals surface area contributed by atoms with E-state index in [0.717, 1.165) is 5.56 Å². The van der Waals surface area contributed by atoms with Crippen molar-refractivity contribution in [3.63, 3.8) is 0 Å². The van der Waals surface area contributed by atoms with E-state index in [4.69, 9.17) is 0 Å². The molecule has 7 heteroatoms. The molecule has 3 aromatic rings. The minimum atomic E-state index is -0.783. The summed E-state index contributed by atoms with van der Waals surface area (Å²) in [4.78, 5) is 40.8. The Balaban J connectivity index is 1.38. The molecule has 1 fully saturated rings. The molecule has 0 aliphatic carbocycles. The number of piperidine rings is 1. The number of hydrogen-bond acceptors (Lipinski definition) is 4. The molecule has 164 valence electrons. The van der Waals surface area contributed by atoms with Gasteiger partial charge in [-0.05, 0) is 42.0 Å². The molecule has 3 amide bonds. The number of benzene rings is 2. The number of nitrogens with one attached hydrogen (secondary N) is 2. The average Bonchev–Trinajstić information content (AvgIpc) is 3.39. The fraction of sp³-hybridized carbons (Fsp3) is 0.240. The minimum Gasteiger partial charge on any atom is -0.351 e. The van der Waals surface area contributed by atoms with E-state index in [0.29, 0.717) is 36.4 Å². The highest BCUT2D eigenvalue weighted by Crippen LogP contribution is 2.19. The van der Waals surface area contributed by atoms with Crippen LogP contribution in [0.15, 0.2) is 78.2 Å². The second-order valence-corrected chi connectivity index (χ2v) is 8.68. The van der Waals surface area contributed by atoms with Crippen LogP contribution in [0.2, 0.25) is 0 Å². The van der Waals surface area contributed by atoms with Crippen LogP contribution in [-0.4, -0.2) is 41.8 Å². The zero-order chi connectivity index (χ0) is 22.3. The van der Waals surface area contributed by atoms with Crippen LogP contribution in [0.1, 0.15) is 44.5 Å². The van der Waals surface area contributed by atoms with Crippen LogP contribution < -0.4 is 10.6 Å². The molecule has 1 unspecified atom stereocenters. The van der Waals surface area contributed by atoms with E-state index < -0.39 is 6.04 Å². The molecule has 4 rings (SSSR count). The van der Waals surface area contributed by atoms with Gasteiger partial charge in [0.2, 0.25) is 5.91 Å². The van der Waals surface area contributed by atoms with Gasteiger partial charge in [0, 0.05) is 24.7 Å². The highest BCUT2D eigenvalue weighted by molar-refractivity contribution is 7.12. The van der Waals surface area contributed by atoms with Crippen molar-refractivity contribution >= 4 is 29.1 Å². The van der Waals surface area contributed by atoms with Gasteiger partial charge in [-0.1, -0.05) is 54.6 Å². The quantitative estimate of drug-likeness (QED) is 0.606. The van der Waals surface area contributed by atoms with E-state index in [1.54, 1.807) is 6.07 Å². The second-order valence-electron chi connectivity index (χ2n) is 7.74. The van der Waals surface area contributed by atoms with Gasteiger partial charge in [-0.2, -0.15) is 0 Å². The summed E-state index contributed by atoms with van der Waals surface area (Å²) < 4.78 is 0. The lowest BCUT2D eigenvalue weighted by molar-refractivity contribution is -0.124. The maximum absolute atomic E-state index is 13.2. The number of likely N-dealkylation sites (tertiary alicyclic amines) is 1. The van der Waals surface area contributed by atoms with Crippen molar-refractivity contribution in [3.05, 3.63) is 94.2 Å². The Morgan fingerprint density at radius 2 is 1.53 bits per heavy atom. The van der Waals surface area contributed by atoms with Gasteiger partial charge in [-0.25, -0.2) is 0 Å². The monoisotopic (exact) mass is 447 g/mol. The second kappa shape index (κ2) is 10.2. The molecule has 2 heterocycles. The van der Waals surface area contributed by atoms with Crippen molar-refractivity contribution in [2.45, 2.75) is 24.9 Å². The average molecular weight is 448 g/mol. The Hall–Kier alpha value is -3.45. The standard InChI is InChI=1S/C25H25N3O3S/c29-23(21-12-7-17-32-21)27-22(18-8-3-1-4-9-18)24(30)26-20-13-15-28(16-14-20)25(31)19-10-5-2-6-11-19/h1-12,17,20,22H,13-16H2,(H,26,30)(H,27,29). The fourth-order valence-electron chi connectivity index (χ4n) is 3.83. The van der Waals surface area contributed by atoms with E-state index in [-0.39, 0.29) is 23.8 Å². The van der Waals surface area contributed by atoms with E-state index >= 15 is 0 Å². The van der Waals surface area contributed by atoms with E-state index in [9.17, 15) is 14.4 Å². The molecule has 0 saturated carbocycles. The van der Waals surface area contributed by atoms with Crippen LogP contribution in [0, 0.1) is 0 Å². The maximum atomic E-state index is 13.2. The zero-order valence-corrected chi connectivity index (χ0v) is 18.4. The molecule has 2 N–H and O–H groups in total. The normalized spacial score (nSPS) is 15.1. The lowest BCUT2D eigenvalue weighted by Gasteiger charge is -2.33. The van der Waals surface area contributed by atoms with Gasteiger partial charge in [0.1, 0.15) is 6.04 Å². The van der Waals surface area contributed by atoms with Gasteiger partial charge < -0.3 is 15.5 Å². The summed E-state index contributed by atoms with van der Waals surface area (Å²) in [6.45, 7) is 1.16. The van der Waals surface area contributed by atoms with Gasteiger partial charge >= 0.3 is 0 Å². The van der Waals surface area contributed by atoms with E-state index in [2.05, 4.69) is 10.6 Å². The number of amides is 3. The van der Waals surface area contributed by atoms with Crippen molar-refractivity contribution in [3.8, 4) is 0 Å². The third-order valence-electron chi connectivity index (χ3n) is 5.56. The Labute approximate surface area is 191 Å². The van der Waals surface area contributed by atoms with Gasteiger partial charge in [0.15, 0.2) is 0 Å². The number of carbonyl (C=O) groups excluding carboxylic acids is 3. The van der Waals surface area contributed by atoms with Crippen LogP contribution in [0.4, 0.5) is 0 Å². The molecule has 0 radical (unpaired) electrons. The molecule has 0 spiro atoms. The van der Waals surface area contributed by atoms with Crippen molar-refractivity contribution < 1.29 is 14.4 Å². The first-order valence-corrected chi connectivity index (χ1v) is 11.5. The first-order chi connectivity index (χ1) is 15.6. The fourth-order valence-corrected chi connectivity index (χ4v) is 4.46. The molecule has 1 saturated heterocycles. The lowest BCUT2D eigenvalue weighted by atomic mass is 10.0. The topological polar surface area (TPSA) is 78.5 Å². The predicted molar refractivity (Wildman–Crippen MR) is 124 cm³/mol. The largest absolute Gasteiger partial charge is 0.351 e. The third-order valence-corrected chi connectivity index (χ3v) is 6.43. The summed E-state index contributed by atoms with van der Waals surface area (Å²) in [6, 6.07) is 21.2. The highest BCUT2D eigenvalue weighted by Gasteiger charge is 2.29. The summed E-state index contributed by atoms with van der Waals surface area (Å²) in [5.74, 6) is -0.498. The van der Waals surface area contributed by atoms with Crippen LogP contribution in [-0.2, 0) is 4.79 Å². The number of hydrogen-bond donors (Lipinski definition) is 2. The van der Waals surface area contributed by atoms with E-state index in [1.807, 2.05) is 77.0 Å². The summed E-state index contributed by atoms with van der Waals surface area (Å²) in [6.07, 6.45) is 1.34. The van der Waals surface area contributed by atoms with Gasteiger partial charge in [-0.3, -0.25) is 14.4 Å². The molecular weight excluding hydrogens is 422 g/mol. The van der Waals surface area contributed by atoms with Gasteiger partial charge in [0.05, 0.1) is 4.88 Å². The third kappa shape index (κ3) is 5.23. The SMILES string of the molecule is O=C(NC(C(=O)NC1CCN(C(=O)c2ccccc2)CC1)c1ccccc1)c1cccs1. The molecule has 0 bridgehead atoms. The van der Waals surface area contributed by atoms with E-state index in [1.165, 1.54) is 11.3 Å². The predicted octanol–water partition coefficient (Wildman–Crippen LogP) is 3.64. The molecule has 1 aliphatic heterocycles. The Morgan fingerprint density at radius 1 is 0.875 bits per heavy atom. The summed E-state index contributed by atoms with van der Waals surface area (Å²) in [5, 5.41) is 7.78. The number of carbonyl (C=O) groups is 3. The van der Waals surface area contributed by atoms with Crippen LogP contribution in [0.25, 0.3) is 0 Å². The smallest absolute Gasteiger partial charge is 0.262 e. The Morgan fingerprint density at radius 3 is 2.16 bits per heavy atom. The van der Waals surface area contributed by atoms with Crippen LogP contribution in [0.5, 0.6) is 0 Å². The first-order valence-electron chi connectivity index (χ1n) is 10.7.